The molecule has 0 spiro atoms. The SMILES string of the molecule is COc1ccc(NC(=O)CSc2nnc(-c3ccccc3Br)o2)c(OC)c1. The number of halogens is 1. The van der Waals surface area contributed by atoms with Crippen molar-refractivity contribution < 1.29 is 18.7 Å². The monoisotopic (exact) mass is 449 g/mol. The number of amides is 1. The summed E-state index contributed by atoms with van der Waals surface area (Å²) in [5.41, 5.74) is 1.35. The summed E-state index contributed by atoms with van der Waals surface area (Å²) in [6, 6.07) is 12.7. The highest BCUT2D eigenvalue weighted by atomic mass is 79.9. The van der Waals surface area contributed by atoms with Crippen LogP contribution in [-0.4, -0.2) is 36.1 Å². The molecule has 0 aliphatic rings. The predicted octanol–water partition coefficient (Wildman–Crippen LogP) is 4.25. The van der Waals surface area contributed by atoms with Gasteiger partial charge >= 0.3 is 0 Å². The smallest absolute Gasteiger partial charge is 0.277 e. The van der Waals surface area contributed by atoms with E-state index in [2.05, 4.69) is 31.4 Å². The lowest BCUT2D eigenvalue weighted by Crippen LogP contribution is -2.14. The van der Waals surface area contributed by atoms with Crippen LogP contribution in [0.4, 0.5) is 5.69 Å². The molecule has 0 atom stereocenters. The van der Waals surface area contributed by atoms with Gasteiger partial charge in [-0.1, -0.05) is 23.9 Å². The molecule has 3 aromatic rings. The van der Waals surface area contributed by atoms with Crippen molar-refractivity contribution in [3.8, 4) is 23.0 Å². The van der Waals surface area contributed by atoms with Crippen molar-refractivity contribution in [3.63, 3.8) is 0 Å². The van der Waals surface area contributed by atoms with E-state index in [1.54, 1.807) is 25.3 Å². The van der Waals surface area contributed by atoms with Crippen molar-refractivity contribution in [2.24, 2.45) is 0 Å². The summed E-state index contributed by atoms with van der Waals surface area (Å²) in [6.45, 7) is 0. The van der Waals surface area contributed by atoms with Gasteiger partial charge in [0.1, 0.15) is 11.5 Å². The second kappa shape index (κ2) is 8.92. The minimum absolute atomic E-state index is 0.118. The molecule has 1 amide bonds. The van der Waals surface area contributed by atoms with Gasteiger partial charge in [0.2, 0.25) is 11.8 Å². The van der Waals surface area contributed by atoms with Crippen LogP contribution in [0.15, 0.2) is 56.6 Å². The fourth-order valence-corrected chi connectivity index (χ4v) is 3.24. The van der Waals surface area contributed by atoms with E-state index in [1.807, 2.05) is 24.3 Å². The van der Waals surface area contributed by atoms with E-state index < -0.39 is 0 Å². The van der Waals surface area contributed by atoms with Crippen molar-refractivity contribution in [1.29, 1.82) is 0 Å². The number of nitrogens with zero attached hydrogens (tertiary/aromatic N) is 2. The van der Waals surface area contributed by atoms with Crippen LogP contribution in [0.3, 0.4) is 0 Å². The predicted molar refractivity (Wildman–Crippen MR) is 106 cm³/mol. The van der Waals surface area contributed by atoms with E-state index in [4.69, 9.17) is 13.9 Å². The molecule has 0 aliphatic carbocycles. The van der Waals surface area contributed by atoms with Gasteiger partial charge in [0.15, 0.2) is 0 Å². The van der Waals surface area contributed by atoms with Gasteiger partial charge in [0, 0.05) is 10.5 Å². The van der Waals surface area contributed by atoms with Crippen LogP contribution in [-0.2, 0) is 4.79 Å². The second-order valence-electron chi connectivity index (χ2n) is 5.26. The number of benzene rings is 2. The first kappa shape index (κ1) is 19.2. The molecule has 0 saturated heterocycles. The third-order valence-electron chi connectivity index (χ3n) is 3.52. The topological polar surface area (TPSA) is 86.5 Å². The lowest BCUT2D eigenvalue weighted by molar-refractivity contribution is -0.113. The zero-order chi connectivity index (χ0) is 19.2. The molecular formula is C18H16BrN3O4S. The average molecular weight is 450 g/mol. The lowest BCUT2D eigenvalue weighted by Gasteiger charge is -2.11. The number of rotatable bonds is 7. The summed E-state index contributed by atoms with van der Waals surface area (Å²) in [6.07, 6.45) is 0. The minimum atomic E-state index is -0.218. The first-order valence-corrected chi connectivity index (χ1v) is 9.61. The van der Waals surface area contributed by atoms with Crippen LogP contribution < -0.4 is 14.8 Å². The fraction of sp³-hybridized carbons (Fsp3) is 0.167. The zero-order valence-corrected chi connectivity index (χ0v) is 17.0. The summed E-state index contributed by atoms with van der Waals surface area (Å²) in [7, 11) is 3.09. The molecule has 1 N–H and O–H groups in total. The largest absolute Gasteiger partial charge is 0.497 e. The maximum atomic E-state index is 12.2. The number of anilines is 1. The standard InChI is InChI=1S/C18H16BrN3O4S/c1-24-11-7-8-14(15(9-11)25-2)20-16(23)10-27-18-22-21-17(26-18)12-5-3-4-6-13(12)19/h3-9H,10H2,1-2H3,(H,20,23). The number of thioether (sulfide) groups is 1. The summed E-state index contributed by atoms with van der Waals surface area (Å²) in [5, 5.41) is 11.1. The van der Waals surface area contributed by atoms with Gasteiger partial charge in [-0.3, -0.25) is 4.79 Å². The fourth-order valence-electron chi connectivity index (χ4n) is 2.23. The highest BCUT2D eigenvalue weighted by Gasteiger charge is 2.14. The van der Waals surface area contributed by atoms with E-state index >= 15 is 0 Å². The Balaban J connectivity index is 1.61. The Hall–Kier alpha value is -2.52. The summed E-state index contributed by atoms with van der Waals surface area (Å²) in [5.74, 6) is 1.45. The molecule has 1 heterocycles. The van der Waals surface area contributed by atoms with Crippen LogP contribution in [0.2, 0.25) is 0 Å². The summed E-state index contributed by atoms with van der Waals surface area (Å²) >= 11 is 4.60. The molecule has 0 radical (unpaired) electrons. The number of carbonyl (C=O) groups excluding carboxylic acids is 1. The molecule has 0 saturated carbocycles. The molecule has 0 fully saturated rings. The Morgan fingerprint density at radius 3 is 2.74 bits per heavy atom. The van der Waals surface area contributed by atoms with Crippen LogP contribution >= 0.6 is 27.7 Å². The van der Waals surface area contributed by atoms with Gasteiger partial charge in [0.05, 0.1) is 31.2 Å². The van der Waals surface area contributed by atoms with Crippen LogP contribution in [0.5, 0.6) is 11.5 Å². The Morgan fingerprint density at radius 2 is 2.00 bits per heavy atom. The minimum Gasteiger partial charge on any atom is -0.497 e. The number of hydrogen-bond donors (Lipinski definition) is 1. The third-order valence-corrected chi connectivity index (χ3v) is 5.03. The maximum absolute atomic E-state index is 12.2. The number of hydrogen-bond acceptors (Lipinski definition) is 7. The number of carbonyl (C=O) groups is 1. The molecule has 140 valence electrons. The van der Waals surface area contributed by atoms with E-state index in [1.165, 1.54) is 7.11 Å². The highest BCUT2D eigenvalue weighted by molar-refractivity contribution is 9.10. The third kappa shape index (κ3) is 4.81. The van der Waals surface area contributed by atoms with E-state index in [-0.39, 0.29) is 11.7 Å². The van der Waals surface area contributed by atoms with Gasteiger partial charge in [-0.15, -0.1) is 10.2 Å². The molecule has 1 aromatic heterocycles. The molecule has 27 heavy (non-hydrogen) atoms. The number of methoxy groups -OCH3 is 2. The zero-order valence-electron chi connectivity index (χ0n) is 14.6. The second-order valence-corrected chi connectivity index (χ2v) is 7.04. The highest BCUT2D eigenvalue weighted by Crippen LogP contribution is 2.30. The molecule has 0 bridgehead atoms. The van der Waals surface area contributed by atoms with Crippen LogP contribution in [0.25, 0.3) is 11.5 Å². The number of nitrogens with one attached hydrogen (secondary N) is 1. The molecule has 0 aliphatic heterocycles. The van der Waals surface area contributed by atoms with Gasteiger partial charge in [-0.05, 0) is 40.2 Å². The molecule has 7 nitrogen and oxygen atoms in total. The van der Waals surface area contributed by atoms with Gasteiger partial charge in [0.25, 0.3) is 5.22 Å². The molecule has 0 unspecified atom stereocenters. The molecule has 3 rings (SSSR count). The Kier molecular flexibility index (Phi) is 6.36. The molecule has 2 aromatic carbocycles. The Morgan fingerprint density at radius 1 is 1.19 bits per heavy atom. The first-order valence-electron chi connectivity index (χ1n) is 7.84. The lowest BCUT2D eigenvalue weighted by atomic mass is 10.2. The summed E-state index contributed by atoms with van der Waals surface area (Å²) in [4.78, 5) is 12.2. The van der Waals surface area contributed by atoms with Crippen molar-refractivity contribution >= 4 is 39.3 Å². The van der Waals surface area contributed by atoms with Crippen LogP contribution in [0.1, 0.15) is 0 Å². The number of aromatic nitrogens is 2. The van der Waals surface area contributed by atoms with E-state index in [0.717, 1.165) is 21.8 Å². The average Bonchev–Trinajstić information content (AvgIpc) is 3.16. The quantitative estimate of drug-likeness (QED) is 0.539. The molecular weight excluding hydrogens is 434 g/mol. The first-order chi connectivity index (χ1) is 13.1. The van der Waals surface area contributed by atoms with Crippen molar-refractivity contribution in [3.05, 3.63) is 46.9 Å². The maximum Gasteiger partial charge on any atom is 0.277 e. The van der Waals surface area contributed by atoms with E-state index in [0.29, 0.717) is 28.3 Å². The normalized spacial score (nSPS) is 10.5. The molecule has 9 heteroatoms. The van der Waals surface area contributed by atoms with Crippen molar-refractivity contribution in [1.82, 2.24) is 10.2 Å². The van der Waals surface area contributed by atoms with Gasteiger partial charge in [-0.25, -0.2) is 0 Å². The Labute approximate surface area is 168 Å². The Bertz CT molecular complexity index is 948. The van der Waals surface area contributed by atoms with Crippen molar-refractivity contribution in [2.45, 2.75) is 5.22 Å². The van der Waals surface area contributed by atoms with E-state index in [9.17, 15) is 4.79 Å². The summed E-state index contributed by atoms with van der Waals surface area (Å²) < 4.78 is 16.9. The number of ether oxygens (including phenoxy) is 2. The van der Waals surface area contributed by atoms with Gasteiger partial charge in [-0.2, -0.15) is 0 Å². The van der Waals surface area contributed by atoms with Crippen LogP contribution in [0, 0.1) is 0 Å². The van der Waals surface area contributed by atoms with Crippen molar-refractivity contribution in [2.75, 3.05) is 25.3 Å². The van der Waals surface area contributed by atoms with Gasteiger partial charge < -0.3 is 19.2 Å².